The standard InChI is InChI=1S/C20H24Cl2N4O2/c1-13-15(14(2)24(3)23-13)7-8-18(27)25-9-11-26(12-10-25)20(28)16-5-4-6-17(21)19(16)22/h4-6H,7-12H2,1-3H3. The third kappa shape index (κ3) is 4.18. The van der Waals surface area contributed by atoms with Crippen molar-refractivity contribution in [1.29, 1.82) is 0 Å². The fourth-order valence-electron chi connectivity index (χ4n) is 3.57. The van der Waals surface area contributed by atoms with Crippen LogP contribution in [0.2, 0.25) is 10.0 Å². The average Bonchev–Trinajstić information content (AvgIpc) is 2.93. The lowest BCUT2D eigenvalue weighted by molar-refractivity contribution is -0.132. The molecule has 1 fully saturated rings. The van der Waals surface area contributed by atoms with Gasteiger partial charge in [0.25, 0.3) is 5.91 Å². The third-order valence-corrected chi connectivity index (χ3v) is 6.17. The Labute approximate surface area is 175 Å². The number of aryl methyl sites for hydroxylation is 2. The van der Waals surface area contributed by atoms with Crippen molar-refractivity contribution < 1.29 is 9.59 Å². The van der Waals surface area contributed by atoms with E-state index in [0.29, 0.717) is 49.6 Å². The van der Waals surface area contributed by atoms with Crippen molar-refractivity contribution in [3.63, 3.8) is 0 Å². The largest absolute Gasteiger partial charge is 0.339 e. The van der Waals surface area contributed by atoms with Crippen molar-refractivity contribution in [2.45, 2.75) is 26.7 Å². The Kier molecular flexibility index (Phi) is 6.30. The molecule has 2 heterocycles. The average molecular weight is 423 g/mol. The number of rotatable bonds is 4. The van der Waals surface area contributed by atoms with E-state index in [0.717, 1.165) is 17.0 Å². The number of benzene rings is 1. The summed E-state index contributed by atoms with van der Waals surface area (Å²) in [5, 5.41) is 5.04. The summed E-state index contributed by atoms with van der Waals surface area (Å²) in [4.78, 5) is 28.9. The molecule has 28 heavy (non-hydrogen) atoms. The first-order chi connectivity index (χ1) is 13.3. The van der Waals surface area contributed by atoms with Crippen molar-refractivity contribution in [2.75, 3.05) is 26.2 Å². The minimum absolute atomic E-state index is 0.107. The maximum atomic E-state index is 12.7. The number of amides is 2. The first-order valence-corrected chi connectivity index (χ1v) is 10.0. The highest BCUT2D eigenvalue weighted by atomic mass is 35.5. The van der Waals surface area contributed by atoms with Gasteiger partial charge in [0.1, 0.15) is 0 Å². The van der Waals surface area contributed by atoms with Crippen LogP contribution in [0.1, 0.15) is 33.7 Å². The summed E-state index contributed by atoms with van der Waals surface area (Å²) in [5.74, 6) is -0.0447. The predicted molar refractivity (Wildman–Crippen MR) is 110 cm³/mol. The first kappa shape index (κ1) is 20.7. The lowest BCUT2D eigenvalue weighted by Gasteiger charge is -2.35. The molecule has 1 aromatic carbocycles. The molecule has 0 bridgehead atoms. The summed E-state index contributed by atoms with van der Waals surface area (Å²) in [6.45, 7) is 6.00. The van der Waals surface area contributed by atoms with Crippen LogP contribution in [0, 0.1) is 13.8 Å². The smallest absolute Gasteiger partial charge is 0.255 e. The number of piperazine rings is 1. The summed E-state index contributed by atoms with van der Waals surface area (Å²) in [5.41, 5.74) is 3.61. The zero-order chi connectivity index (χ0) is 20.4. The third-order valence-electron chi connectivity index (χ3n) is 5.35. The maximum Gasteiger partial charge on any atom is 0.255 e. The number of halogens is 2. The molecule has 1 aliphatic rings. The van der Waals surface area contributed by atoms with Crippen LogP contribution in [0.25, 0.3) is 0 Å². The van der Waals surface area contributed by atoms with Crippen molar-refractivity contribution >= 4 is 35.0 Å². The molecular weight excluding hydrogens is 399 g/mol. The number of nitrogens with zero attached hydrogens (tertiary/aromatic N) is 4. The minimum atomic E-state index is -0.152. The second-order valence-corrected chi connectivity index (χ2v) is 7.83. The van der Waals surface area contributed by atoms with E-state index in [-0.39, 0.29) is 16.8 Å². The van der Waals surface area contributed by atoms with E-state index in [4.69, 9.17) is 23.2 Å². The molecule has 6 nitrogen and oxygen atoms in total. The molecule has 1 aromatic heterocycles. The topological polar surface area (TPSA) is 58.4 Å². The SMILES string of the molecule is Cc1nn(C)c(C)c1CCC(=O)N1CCN(C(=O)c2cccc(Cl)c2Cl)CC1. The molecule has 2 aromatic rings. The Bertz CT molecular complexity index is 902. The number of carbonyl (C=O) groups is 2. The quantitative estimate of drug-likeness (QED) is 0.759. The second-order valence-electron chi connectivity index (χ2n) is 7.05. The van der Waals surface area contributed by atoms with Gasteiger partial charge in [0, 0.05) is 45.3 Å². The molecule has 8 heteroatoms. The van der Waals surface area contributed by atoms with Gasteiger partial charge in [-0.05, 0) is 38.0 Å². The number of aromatic nitrogens is 2. The molecule has 0 saturated carbocycles. The van der Waals surface area contributed by atoms with Crippen LogP contribution in [0.15, 0.2) is 18.2 Å². The van der Waals surface area contributed by atoms with Crippen LogP contribution < -0.4 is 0 Å². The van der Waals surface area contributed by atoms with E-state index in [9.17, 15) is 9.59 Å². The summed E-state index contributed by atoms with van der Waals surface area (Å²) in [6, 6.07) is 5.04. The highest BCUT2D eigenvalue weighted by molar-refractivity contribution is 6.43. The molecule has 0 aliphatic carbocycles. The van der Waals surface area contributed by atoms with Crippen LogP contribution in [0.4, 0.5) is 0 Å². The first-order valence-electron chi connectivity index (χ1n) is 9.29. The van der Waals surface area contributed by atoms with E-state index in [1.807, 2.05) is 30.5 Å². The van der Waals surface area contributed by atoms with E-state index in [1.54, 1.807) is 23.1 Å². The number of carbonyl (C=O) groups excluding carboxylic acids is 2. The van der Waals surface area contributed by atoms with Crippen molar-refractivity contribution in [1.82, 2.24) is 19.6 Å². The Balaban J connectivity index is 1.55. The summed E-state index contributed by atoms with van der Waals surface area (Å²) in [7, 11) is 1.91. The minimum Gasteiger partial charge on any atom is -0.339 e. The van der Waals surface area contributed by atoms with Crippen LogP contribution >= 0.6 is 23.2 Å². The molecular formula is C20H24Cl2N4O2. The normalized spacial score (nSPS) is 14.5. The Morgan fingerprint density at radius 2 is 1.71 bits per heavy atom. The van der Waals surface area contributed by atoms with E-state index in [2.05, 4.69) is 5.10 Å². The van der Waals surface area contributed by atoms with Crippen LogP contribution in [-0.4, -0.2) is 57.6 Å². The van der Waals surface area contributed by atoms with Crippen molar-refractivity contribution in [3.8, 4) is 0 Å². The van der Waals surface area contributed by atoms with Gasteiger partial charge in [-0.3, -0.25) is 14.3 Å². The van der Waals surface area contributed by atoms with Gasteiger partial charge in [-0.25, -0.2) is 0 Å². The van der Waals surface area contributed by atoms with Gasteiger partial charge in [0.05, 0.1) is 21.3 Å². The highest BCUT2D eigenvalue weighted by Gasteiger charge is 2.26. The van der Waals surface area contributed by atoms with Gasteiger partial charge in [-0.1, -0.05) is 29.3 Å². The molecule has 3 rings (SSSR count). The summed E-state index contributed by atoms with van der Waals surface area (Å²) < 4.78 is 1.85. The van der Waals surface area contributed by atoms with Gasteiger partial charge >= 0.3 is 0 Å². The zero-order valence-electron chi connectivity index (χ0n) is 16.3. The molecule has 1 saturated heterocycles. The van der Waals surface area contributed by atoms with Crippen LogP contribution in [0.3, 0.4) is 0 Å². The second kappa shape index (κ2) is 8.53. The molecule has 0 atom stereocenters. The molecule has 0 radical (unpaired) electrons. The van der Waals surface area contributed by atoms with Gasteiger partial charge < -0.3 is 9.80 Å². The monoisotopic (exact) mass is 422 g/mol. The maximum absolute atomic E-state index is 12.7. The van der Waals surface area contributed by atoms with E-state index >= 15 is 0 Å². The van der Waals surface area contributed by atoms with Gasteiger partial charge in [-0.2, -0.15) is 5.10 Å². The van der Waals surface area contributed by atoms with Crippen LogP contribution in [-0.2, 0) is 18.3 Å². The van der Waals surface area contributed by atoms with Gasteiger partial charge in [-0.15, -0.1) is 0 Å². The number of hydrogen-bond acceptors (Lipinski definition) is 3. The Morgan fingerprint density at radius 3 is 2.32 bits per heavy atom. The molecule has 150 valence electrons. The molecule has 0 spiro atoms. The van der Waals surface area contributed by atoms with Crippen LogP contribution in [0.5, 0.6) is 0 Å². The fraction of sp³-hybridized carbons (Fsp3) is 0.450. The lowest BCUT2D eigenvalue weighted by atomic mass is 10.1. The Morgan fingerprint density at radius 1 is 1.07 bits per heavy atom. The van der Waals surface area contributed by atoms with E-state index in [1.165, 1.54) is 0 Å². The summed E-state index contributed by atoms with van der Waals surface area (Å²) in [6.07, 6.45) is 1.13. The molecule has 2 amide bonds. The fourth-order valence-corrected chi connectivity index (χ4v) is 3.95. The highest BCUT2D eigenvalue weighted by Crippen LogP contribution is 2.27. The summed E-state index contributed by atoms with van der Waals surface area (Å²) >= 11 is 12.2. The van der Waals surface area contributed by atoms with Gasteiger partial charge in [0.15, 0.2) is 0 Å². The van der Waals surface area contributed by atoms with E-state index < -0.39 is 0 Å². The predicted octanol–water partition coefficient (Wildman–Crippen LogP) is 3.26. The van der Waals surface area contributed by atoms with Gasteiger partial charge in [0.2, 0.25) is 5.91 Å². The zero-order valence-corrected chi connectivity index (χ0v) is 17.8. The van der Waals surface area contributed by atoms with Crippen molar-refractivity contribution in [3.05, 3.63) is 50.8 Å². The molecule has 0 unspecified atom stereocenters. The van der Waals surface area contributed by atoms with Crippen molar-refractivity contribution in [2.24, 2.45) is 7.05 Å². The molecule has 0 N–H and O–H groups in total. The Hall–Kier alpha value is -2.05. The number of hydrogen-bond donors (Lipinski definition) is 0. The molecule has 1 aliphatic heterocycles. The lowest BCUT2D eigenvalue weighted by Crippen LogP contribution is -2.50.